The Bertz CT molecular complexity index is 305. The van der Waals surface area contributed by atoms with Gasteiger partial charge in [-0.2, -0.15) is 0 Å². The third-order valence-corrected chi connectivity index (χ3v) is 4.84. The van der Waals surface area contributed by atoms with E-state index in [2.05, 4.69) is 38.2 Å². The second-order valence-corrected chi connectivity index (χ2v) is 6.46. The largest absolute Gasteiger partial charge is 0.381 e. The van der Waals surface area contributed by atoms with Gasteiger partial charge in [-0.05, 0) is 55.8 Å². The van der Waals surface area contributed by atoms with E-state index in [4.69, 9.17) is 4.74 Å². The van der Waals surface area contributed by atoms with E-state index < -0.39 is 0 Å². The minimum absolute atomic E-state index is 0.725. The number of rotatable bonds is 6. The second-order valence-electron chi connectivity index (χ2n) is 6.46. The maximum Gasteiger partial charge on any atom is 0.0499 e. The number of hydrogen-bond donors (Lipinski definition) is 0. The van der Waals surface area contributed by atoms with Crippen molar-refractivity contribution in [3.8, 4) is 0 Å². The molecule has 0 aromatic heterocycles. The molecule has 0 N–H and O–H groups in total. The van der Waals surface area contributed by atoms with Gasteiger partial charge in [-0.3, -0.25) is 0 Å². The zero-order valence-corrected chi connectivity index (χ0v) is 12.7. The molecule has 0 aromatic rings. The van der Waals surface area contributed by atoms with Gasteiger partial charge >= 0.3 is 0 Å². The predicted octanol–water partition coefficient (Wildman–Crippen LogP) is 4.99. The molecule has 0 radical (unpaired) electrons. The van der Waals surface area contributed by atoms with E-state index in [1.807, 2.05) is 0 Å². The summed E-state index contributed by atoms with van der Waals surface area (Å²) in [5.74, 6) is 3.03. The van der Waals surface area contributed by atoms with Crippen LogP contribution in [0.2, 0.25) is 0 Å². The van der Waals surface area contributed by atoms with E-state index in [0.717, 1.165) is 36.9 Å². The van der Waals surface area contributed by atoms with E-state index in [-0.39, 0.29) is 0 Å². The van der Waals surface area contributed by atoms with Gasteiger partial charge < -0.3 is 4.74 Å². The fourth-order valence-electron chi connectivity index (χ4n) is 3.31. The van der Waals surface area contributed by atoms with Crippen LogP contribution in [0.15, 0.2) is 24.3 Å². The van der Waals surface area contributed by atoms with Crippen molar-refractivity contribution in [2.75, 3.05) is 13.2 Å². The van der Waals surface area contributed by atoms with Crippen LogP contribution in [-0.2, 0) is 4.74 Å². The van der Waals surface area contributed by atoms with Crippen LogP contribution < -0.4 is 0 Å². The maximum atomic E-state index is 6.04. The third-order valence-electron chi connectivity index (χ3n) is 4.84. The van der Waals surface area contributed by atoms with Crippen LogP contribution in [0.1, 0.15) is 52.4 Å². The lowest BCUT2D eigenvalue weighted by atomic mass is 9.80. The molecule has 0 fully saturated rings. The fraction of sp³-hybridized carbons (Fsp3) is 0.778. The molecule has 19 heavy (non-hydrogen) atoms. The average Bonchev–Trinajstić information content (AvgIpc) is 2.46. The van der Waals surface area contributed by atoms with Crippen molar-refractivity contribution in [2.45, 2.75) is 52.4 Å². The molecular weight excluding hydrogens is 232 g/mol. The second kappa shape index (κ2) is 7.89. The van der Waals surface area contributed by atoms with Gasteiger partial charge in [0.15, 0.2) is 0 Å². The van der Waals surface area contributed by atoms with Gasteiger partial charge in [0.05, 0.1) is 0 Å². The van der Waals surface area contributed by atoms with Crippen molar-refractivity contribution in [2.24, 2.45) is 23.7 Å². The molecule has 108 valence electrons. The van der Waals surface area contributed by atoms with Crippen molar-refractivity contribution in [3.05, 3.63) is 24.3 Å². The minimum Gasteiger partial charge on any atom is -0.381 e. The molecule has 0 heterocycles. The summed E-state index contributed by atoms with van der Waals surface area (Å²) < 4.78 is 6.04. The first-order valence-electron chi connectivity index (χ1n) is 8.20. The summed E-state index contributed by atoms with van der Waals surface area (Å²) in [4.78, 5) is 0. The van der Waals surface area contributed by atoms with E-state index >= 15 is 0 Å². The van der Waals surface area contributed by atoms with Gasteiger partial charge in [0.25, 0.3) is 0 Å². The van der Waals surface area contributed by atoms with Crippen molar-refractivity contribution >= 4 is 0 Å². The Labute approximate surface area is 119 Å². The predicted molar refractivity (Wildman–Crippen MR) is 82.1 cm³/mol. The Morgan fingerprint density at radius 2 is 2.05 bits per heavy atom. The first-order chi connectivity index (χ1) is 9.29. The molecule has 2 aliphatic rings. The van der Waals surface area contributed by atoms with Crippen LogP contribution in [0.3, 0.4) is 0 Å². The van der Waals surface area contributed by atoms with E-state index in [9.17, 15) is 0 Å². The lowest BCUT2D eigenvalue weighted by Gasteiger charge is -2.28. The lowest BCUT2D eigenvalue weighted by molar-refractivity contribution is 0.0535. The fourth-order valence-corrected chi connectivity index (χ4v) is 3.31. The lowest BCUT2D eigenvalue weighted by Crippen LogP contribution is -2.23. The standard InChI is InChI=1S/C18H30O/c1-3-17(18-11-9-15(2)10-12-18)14-19-13-16-7-5-4-6-8-16/h4-5,9,11,15-18H,3,6-8,10,12-14H2,1-2H3. The Balaban J connectivity index is 1.70. The molecule has 0 spiro atoms. The Morgan fingerprint density at radius 1 is 1.16 bits per heavy atom. The van der Waals surface area contributed by atoms with Gasteiger partial charge in [0, 0.05) is 13.2 Å². The Kier molecular flexibility index (Phi) is 6.16. The van der Waals surface area contributed by atoms with Gasteiger partial charge in [-0.25, -0.2) is 0 Å². The Morgan fingerprint density at radius 3 is 2.68 bits per heavy atom. The monoisotopic (exact) mass is 262 g/mol. The van der Waals surface area contributed by atoms with E-state index in [0.29, 0.717) is 0 Å². The van der Waals surface area contributed by atoms with Crippen LogP contribution >= 0.6 is 0 Å². The van der Waals surface area contributed by atoms with Gasteiger partial charge in [0.2, 0.25) is 0 Å². The normalized spacial score (nSPS) is 32.4. The van der Waals surface area contributed by atoms with Crippen LogP contribution in [-0.4, -0.2) is 13.2 Å². The van der Waals surface area contributed by atoms with Gasteiger partial charge in [-0.1, -0.05) is 44.6 Å². The van der Waals surface area contributed by atoms with Crippen LogP contribution in [0.4, 0.5) is 0 Å². The number of ether oxygens (including phenoxy) is 1. The molecule has 0 bridgehead atoms. The summed E-state index contributed by atoms with van der Waals surface area (Å²) in [5, 5.41) is 0. The van der Waals surface area contributed by atoms with Crippen molar-refractivity contribution in [3.63, 3.8) is 0 Å². The molecule has 0 aromatic carbocycles. The minimum atomic E-state index is 0.725. The summed E-state index contributed by atoms with van der Waals surface area (Å²) in [6.07, 6.45) is 17.2. The highest BCUT2D eigenvalue weighted by Crippen LogP contribution is 2.30. The molecule has 0 saturated carbocycles. The number of allylic oxidation sites excluding steroid dienone is 4. The van der Waals surface area contributed by atoms with Crippen LogP contribution in [0.5, 0.6) is 0 Å². The molecule has 4 unspecified atom stereocenters. The first kappa shape index (κ1) is 14.8. The summed E-state index contributed by atoms with van der Waals surface area (Å²) in [7, 11) is 0. The third kappa shape index (κ3) is 4.80. The summed E-state index contributed by atoms with van der Waals surface area (Å²) in [6, 6.07) is 0. The SMILES string of the molecule is CCC(COCC1CC=CCC1)C1C=CC(C)CC1. The molecule has 0 amide bonds. The molecule has 2 rings (SSSR count). The van der Waals surface area contributed by atoms with Crippen LogP contribution in [0, 0.1) is 23.7 Å². The van der Waals surface area contributed by atoms with Crippen molar-refractivity contribution in [1.29, 1.82) is 0 Å². The molecular formula is C18H30O. The topological polar surface area (TPSA) is 9.23 Å². The average molecular weight is 262 g/mol. The quantitative estimate of drug-likeness (QED) is 0.613. The molecule has 4 atom stereocenters. The van der Waals surface area contributed by atoms with E-state index in [1.165, 1.54) is 38.5 Å². The van der Waals surface area contributed by atoms with Crippen LogP contribution in [0.25, 0.3) is 0 Å². The van der Waals surface area contributed by atoms with Crippen molar-refractivity contribution < 1.29 is 4.74 Å². The summed E-state index contributed by atoms with van der Waals surface area (Å²) in [6.45, 7) is 6.55. The Hall–Kier alpha value is -0.560. The van der Waals surface area contributed by atoms with E-state index in [1.54, 1.807) is 0 Å². The molecule has 1 nitrogen and oxygen atoms in total. The molecule has 0 aliphatic heterocycles. The summed E-state index contributed by atoms with van der Waals surface area (Å²) >= 11 is 0. The highest BCUT2D eigenvalue weighted by atomic mass is 16.5. The highest BCUT2D eigenvalue weighted by Gasteiger charge is 2.21. The van der Waals surface area contributed by atoms with Gasteiger partial charge in [0.1, 0.15) is 0 Å². The summed E-state index contributed by atoms with van der Waals surface area (Å²) in [5.41, 5.74) is 0. The molecule has 2 aliphatic carbocycles. The number of hydrogen-bond acceptors (Lipinski definition) is 1. The first-order valence-corrected chi connectivity index (χ1v) is 8.20. The highest BCUT2D eigenvalue weighted by molar-refractivity contribution is 4.98. The van der Waals surface area contributed by atoms with Gasteiger partial charge in [-0.15, -0.1) is 0 Å². The maximum absolute atomic E-state index is 6.04. The molecule has 1 heteroatoms. The smallest absolute Gasteiger partial charge is 0.0499 e. The molecule has 0 saturated heterocycles. The zero-order chi connectivity index (χ0) is 13.5. The van der Waals surface area contributed by atoms with Crippen molar-refractivity contribution in [1.82, 2.24) is 0 Å². The zero-order valence-electron chi connectivity index (χ0n) is 12.7.